The molecular weight excluding hydrogens is 340 g/mol. The Hall–Kier alpha value is -1.32. The molecule has 158 valence electrons. The van der Waals surface area contributed by atoms with Crippen LogP contribution < -0.4 is 0 Å². The molecule has 1 atom stereocenters. The summed E-state index contributed by atoms with van der Waals surface area (Å²) >= 11 is 0. The van der Waals surface area contributed by atoms with Gasteiger partial charge < -0.3 is 9.84 Å². The molecule has 0 bridgehead atoms. The van der Waals surface area contributed by atoms with E-state index in [-0.39, 0.29) is 12.4 Å². The number of esters is 1. The number of carbonyl (C=O) groups excluding carboxylic acids is 1. The number of unbranched alkanes of at least 4 members (excludes halogenated alkanes) is 10. The first kappa shape index (κ1) is 25.7. The highest BCUT2D eigenvalue weighted by atomic mass is 16.5. The topological polar surface area (TPSA) is 63.6 Å². The number of hydrogen-bond acceptors (Lipinski definition) is 3. The Bertz CT molecular complexity index is 390. The third kappa shape index (κ3) is 17.8. The Morgan fingerprint density at radius 1 is 0.815 bits per heavy atom. The molecule has 0 radical (unpaired) electrons. The van der Waals surface area contributed by atoms with Gasteiger partial charge in [0.2, 0.25) is 0 Å². The smallest absolute Gasteiger partial charge is 0.309 e. The summed E-state index contributed by atoms with van der Waals surface area (Å²) in [6.07, 6.45) is 20.6. The van der Waals surface area contributed by atoms with E-state index >= 15 is 0 Å². The molecular formula is C23H42O4. The van der Waals surface area contributed by atoms with E-state index in [0.717, 1.165) is 19.3 Å². The maximum Gasteiger partial charge on any atom is 0.309 e. The summed E-state index contributed by atoms with van der Waals surface area (Å²) in [5.41, 5.74) is 0. The SMILES string of the molecule is CCCCCCCCCCCC/C=C/CCC(CC(=O)O)C(=O)OCCC. The van der Waals surface area contributed by atoms with Gasteiger partial charge in [0, 0.05) is 0 Å². The summed E-state index contributed by atoms with van der Waals surface area (Å²) < 4.78 is 5.10. The van der Waals surface area contributed by atoms with Crippen molar-refractivity contribution >= 4 is 11.9 Å². The molecule has 27 heavy (non-hydrogen) atoms. The zero-order chi connectivity index (χ0) is 20.2. The fourth-order valence-corrected chi connectivity index (χ4v) is 3.12. The second-order valence-corrected chi connectivity index (χ2v) is 7.48. The van der Waals surface area contributed by atoms with Gasteiger partial charge in [0.05, 0.1) is 18.9 Å². The summed E-state index contributed by atoms with van der Waals surface area (Å²) in [6, 6.07) is 0. The Labute approximate surface area is 166 Å². The van der Waals surface area contributed by atoms with E-state index in [0.29, 0.717) is 13.0 Å². The van der Waals surface area contributed by atoms with E-state index in [2.05, 4.69) is 19.1 Å². The van der Waals surface area contributed by atoms with E-state index in [1.807, 2.05) is 6.92 Å². The van der Waals surface area contributed by atoms with Gasteiger partial charge in [-0.1, -0.05) is 83.8 Å². The first-order valence-electron chi connectivity index (χ1n) is 11.1. The van der Waals surface area contributed by atoms with Crippen molar-refractivity contribution in [3.8, 4) is 0 Å². The molecule has 0 spiro atoms. The van der Waals surface area contributed by atoms with Crippen LogP contribution in [0.2, 0.25) is 0 Å². The minimum Gasteiger partial charge on any atom is -0.481 e. The Morgan fingerprint density at radius 3 is 1.93 bits per heavy atom. The Morgan fingerprint density at radius 2 is 1.37 bits per heavy atom. The minimum atomic E-state index is -0.942. The number of carboxylic acid groups (broad SMARTS) is 1. The van der Waals surface area contributed by atoms with Crippen molar-refractivity contribution in [2.24, 2.45) is 5.92 Å². The molecule has 0 aromatic carbocycles. The lowest BCUT2D eigenvalue weighted by Gasteiger charge is -2.12. The molecule has 0 fully saturated rings. The van der Waals surface area contributed by atoms with Crippen LogP contribution in [-0.2, 0) is 14.3 Å². The molecule has 0 aliphatic carbocycles. The maximum absolute atomic E-state index is 11.9. The van der Waals surface area contributed by atoms with Crippen LogP contribution >= 0.6 is 0 Å². The molecule has 1 unspecified atom stereocenters. The van der Waals surface area contributed by atoms with Crippen LogP contribution in [-0.4, -0.2) is 23.7 Å². The van der Waals surface area contributed by atoms with Crippen molar-refractivity contribution < 1.29 is 19.4 Å². The first-order valence-corrected chi connectivity index (χ1v) is 11.1. The first-order chi connectivity index (χ1) is 13.1. The second kappa shape index (κ2) is 19.4. The highest BCUT2D eigenvalue weighted by molar-refractivity contribution is 5.79. The normalized spacial score (nSPS) is 12.4. The molecule has 4 heteroatoms. The molecule has 0 aliphatic rings. The van der Waals surface area contributed by atoms with Gasteiger partial charge in [0.15, 0.2) is 0 Å². The van der Waals surface area contributed by atoms with Gasteiger partial charge in [-0.2, -0.15) is 0 Å². The average molecular weight is 383 g/mol. The van der Waals surface area contributed by atoms with E-state index in [1.165, 1.54) is 64.2 Å². The summed E-state index contributed by atoms with van der Waals surface area (Å²) in [5.74, 6) is -1.85. The Balaban J connectivity index is 3.67. The van der Waals surface area contributed by atoms with Crippen molar-refractivity contribution in [1.29, 1.82) is 0 Å². The van der Waals surface area contributed by atoms with Crippen LogP contribution in [0, 0.1) is 5.92 Å². The molecule has 0 rings (SSSR count). The molecule has 0 saturated carbocycles. The van der Waals surface area contributed by atoms with Crippen molar-refractivity contribution in [1.82, 2.24) is 0 Å². The van der Waals surface area contributed by atoms with Gasteiger partial charge in [-0.05, 0) is 32.1 Å². The number of aliphatic carboxylic acids is 1. The van der Waals surface area contributed by atoms with Gasteiger partial charge in [0.25, 0.3) is 0 Å². The Kier molecular flexibility index (Phi) is 18.5. The molecule has 0 heterocycles. The highest BCUT2D eigenvalue weighted by Gasteiger charge is 2.22. The third-order valence-corrected chi connectivity index (χ3v) is 4.78. The van der Waals surface area contributed by atoms with Gasteiger partial charge in [0.1, 0.15) is 0 Å². The van der Waals surface area contributed by atoms with E-state index in [4.69, 9.17) is 9.84 Å². The minimum absolute atomic E-state index is 0.144. The molecule has 0 saturated heterocycles. The van der Waals surface area contributed by atoms with Crippen molar-refractivity contribution in [3.05, 3.63) is 12.2 Å². The zero-order valence-corrected chi connectivity index (χ0v) is 17.7. The fraction of sp³-hybridized carbons (Fsp3) is 0.826. The van der Waals surface area contributed by atoms with Gasteiger partial charge in [-0.3, -0.25) is 9.59 Å². The lowest BCUT2D eigenvalue weighted by atomic mass is 9.99. The lowest BCUT2D eigenvalue weighted by Crippen LogP contribution is -2.21. The van der Waals surface area contributed by atoms with Gasteiger partial charge in [-0.15, -0.1) is 0 Å². The molecule has 4 nitrogen and oxygen atoms in total. The van der Waals surface area contributed by atoms with Crippen molar-refractivity contribution in [3.63, 3.8) is 0 Å². The molecule has 0 amide bonds. The zero-order valence-electron chi connectivity index (χ0n) is 17.7. The quantitative estimate of drug-likeness (QED) is 0.154. The number of rotatable bonds is 19. The highest BCUT2D eigenvalue weighted by Crippen LogP contribution is 2.15. The molecule has 0 aromatic heterocycles. The predicted octanol–water partition coefficient (Wildman–Crippen LogP) is 6.68. The van der Waals surface area contributed by atoms with Crippen molar-refractivity contribution in [2.45, 2.75) is 110 Å². The molecule has 0 aromatic rings. The maximum atomic E-state index is 11.9. The largest absolute Gasteiger partial charge is 0.481 e. The van der Waals surface area contributed by atoms with Crippen LogP contribution in [0.3, 0.4) is 0 Å². The summed E-state index contributed by atoms with van der Waals surface area (Å²) in [4.78, 5) is 22.8. The van der Waals surface area contributed by atoms with Gasteiger partial charge >= 0.3 is 11.9 Å². The standard InChI is InChI=1S/C23H42O4/c1-3-5-6-7-8-9-10-11-12-13-14-15-16-17-18-21(20-22(24)25)23(26)27-19-4-2/h15-16,21H,3-14,17-20H2,1-2H3,(H,24,25)/b16-15+. The van der Waals surface area contributed by atoms with Crippen LogP contribution in [0.5, 0.6) is 0 Å². The third-order valence-electron chi connectivity index (χ3n) is 4.78. The summed E-state index contributed by atoms with van der Waals surface area (Å²) in [7, 11) is 0. The number of hydrogen-bond donors (Lipinski definition) is 1. The van der Waals surface area contributed by atoms with Crippen LogP contribution in [0.25, 0.3) is 0 Å². The van der Waals surface area contributed by atoms with Crippen LogP contribution in [0.4, 0.5) is 0 Å². The van der Waals surface area contributed by atoms with Crippen molar-refractivity contribution in [2.75, 3.05) is 6.61 Å². The van der Waals surface area contributed by atoms with Gasteiger partial charge in [-0.25, -0.2) is 0 Å². The summed E-state index contributed by atoms with van der Waals surface area (Å²) in [5, 5.41) is 8.95. The lowest BCUT2D eigenvalue weighted by molar-refractivity contribution is -0.153. The van der Waals surface area contributed by atoms with E-state index < -0.39 is 11.9 Å². The summed E-state index contributed by atoms with van der Waals surface area (Å²) in [6.45, 7) is 4.55. The number of carbonyl (C=O) groups is 2. The molecule has 0 aliphatic heterocycles. The van der Waals surface area contributed by atoms with E-state index in [1.54, 1.807) is 0 Å². The second-order valence-electron chi connectivity index (χ2n) is 7.48. The van der Waals surface area contributed by atoms with E-state index in [9.17, 15) is 9.59 Å². The van der Waals surface area contributed by atoms with Crippen LogP contribution in [0.1, 0.15) is 110 Å². The fourth-order valence-electron chi connectivity index (χ4n) is 3.12. The predicted molar refractivity (Wildman–Crippen MR) is 112 cm³/mol. The number of ether oxygens (including phenoxy) is 1. The molecule has 1 N–H and O–H groups in total. The average Bonchev–Trinajstić information content (AvgIpc) is 2.65. The van der Waals surface area contributed by atoms with Crippen LogP contribution in [0.15, 0.2) is 12.2 Å². The monoisotopic (exact) mass is 382 g/mol. The number of carboxylic acids is 1. The number of allylic oxidation sites excluding steroid dienone is 2.